The highest BCUT2D eigenvalue weighted by molar-refractivity contribution is 5.20. The predicted octanol–water partition coefficient (Wildman–Crippen LogP) is 2.89. The molecule has 1 saturated carbocycles. The zero-order chi connectivity index (χ0) is 7.68. The van der Waals surface area contributed by atoms with Crippen LogP contribution in [0.3, 0.4) is 0 Å². The Bertz CT molecular complexity index is 251. The number of hydrogen-bond acceptors (Lipinski definition) is 0. The molecule has 0 N–H and O–H groups in total. The van der Waals surface area contributed by atoms with Gasteiger partial charge in [-0.1, -0.05) is 12.5 Å². The summed E-state index contributed by atoms with van der Waals surface area (Å²) >= 11 is 0. The van der Waals surface area contributed by atoms with Crippen molar-refractivity contribution in [2.45, 2.75) is 25.2 Å². The van der Waals surface area contributed by atoms with Gasteiger partial charge >= 0.3 is 0 Å². The number of rotatable bonds is 1. The number of benzene rings is 1. The molecule has 1 heteroatoms. The Balaban J connectivity index is 2.23. The van der Waals surface area contributed by atoms with Crippen molar-refractivity contribution in [3.63, 3.8) is 0 Å². The van der Waals surface area contributed by atoms with E-state index in [9.17, 15) is 4.39 Å². The third kappa shape index (κ3) is 1.28. The van der Waals surface area contributed by atoms with E-state index >= 15 is 0 Å². The lowest BCUT2D eigenvalue weighted by molar-refractivity contribution is 0.417. The fraction of sp³-hybridized carbons (Fsp3) is 0.400. The monoisotopic (exact) mass is 149 g/mol. The molecule has 0 saturated heterocycles. The zero-order valence-electron chi connectivity index (χ0n) is 6.31. The highest BCUT2D eigenvalue weighted by Gasteiger charge is 2.19. The third-order valence-electron chi connectivity index (χ3n) is 2.33. The lowest BCUT2D eigenvalue weighted by Crippen LogP contribution is -2.08. The first-order chi connectivity index (χ1) is 5.36. The van der Waals surface area contributed by atoms with Gasteiger partial charge in [-0.3, -0.25) is 0 Å². The molecule has 0 spiro atoms. The third-order valence-corrected chi connectivity index (χ3v) is 2.33. The van der Waals surface area contributed by atoms with E-state index in [1.807, 2.05) is 0 Å². The summed E-state index contributed by atoms with van der Waals surface area (Å²) in [5.74, 6) is 0.455. The molecule has 2 rings (SSSR count). The van der Waals surface area contributed by atoms with Crippen LogP contribution in [0.15, 0.2) is 18.2 Å². The average molecular weight is 149 g/mol. The van der Waals surface area contributed by atoms with Crippen molar-refractivity contribution >= 4 is 0 Å². The summed E-state index contributed by atoms with van der Waals surface area (Å²) < 4.78 is 12.7. The van der Waals surface area contributed by atoms with Crippen LogP contribution in [0, 0.1) is 11.9 Å². The van der Waals surface area contributed by atoms with Crippen molar-refractivity contribution in [1.82, 2.24) is 0 Å². The quantitative estimate of drug-likeness (QED) is 0.576. The first-order valence-corrected chi connectivity index (χ1v) is 4.03. The van der Waals surface area contributed by atoms with Crippen LogP contribution in [0.1, 0.15) is 30.7 Å². The molecule has 0 heterocycles. The van der Waals surface area contributed by atoms with E-state index in [1.54, 1.807) is 12.1 Å². The summed E-state index contributed by atoms with van der Waals surface area (Å²) in [5.41, 5.74) is 1.05. The highest BCUT2D eigenvalue weighted by Crippen LogP contribution is 2.35. The second-order valence-electron chi connectivity index (χ2n) is 3.09. The van der Waals surface area contributed by atoms with E-state index in [0.717, 1.165) is 5.56 Å². The Labute approximate surface area is 66.1 Å². The zero-order valence-corrected chi connectivity index (χ0v) is 6.31. The fourth-order valence-corrected chi connectivity index (χ4v) is 1.41. The van der Waals surface area contributed by atoms with Gasteiger partial charge in [-0.15, -0.1) is 0 Å². The summed E-state index contributed by atoms with van der Waals surface area (Å²) in [7, 11) is 0. The second-order valence-corrected chi connectivity index (χ2v) is 3.09. The molecule has 0 atom stereocenters. The van der Waals surface area contributed by atoms with Gasteiger partial charge in [0.2, 0.25) is 0 Å². The number of halogens is 1. The second kappa shape index (κ2) is 2.65. The van der Waals surface area contributed by atoms with Gasteiger partial charge < -0.3 is 0 Å². The van der Waals surface area contributed by atoms with Crippen molar-refractivity contribution in [2.24, 2.45) is 0 Å². The summed E-state index contributed by atoms with van der Waals surface area (Å²) in [4.78, 5) is 0. The van der Waals surface area contributed by atoms with E-state index in [1.165, 1.54) is 25.3 Å². The van der Waals surface area contributed by atoms with Gasteiger partial charge in [-0.05, 0) is 42.5 Å². The van der Waals surface area contributed by atoms with Crippen molar-refractivity contribution in [3.8, 4) is 0 Å². The van der Waals surface area contributed by atoms with Crippen LogP contribution in [0.4, 0.5) is 4.39 Å². The molecule has 1 fully saturated rings. The van der Waals surface area contributed by atoms with E-state index in [-0.39, 0.29) is 5.82 Å². The lowest BCUT2D eigenvalue weighted by atomic mass is 9.80. The number of hydrogen-bond donors (Lipinski definition) is 0. The Hall–Kier alpha value is -0.850. The smallest absolute Gasteiger partial charge is 0.123 e. The minimum absolute atomic E-state index is 0.134. The topological polar surface area (TPSA) is 0 Å². The van der Waals surface area contributed by atoms with Gasteiger partial charge in [-0.25, -0.2) is 4.39 Å². The van der Waals surface area contributed by atoms with Crippen LogP contribution in [0.2, 0.25) is 0 Å². The molecule has 1 radical (unpaired) electrons. The molecule has 57 valence electrons. The molecule has 1 aromatic rings. The van der Waals surface area contributed by atoms with Crippen molar-refractivity contribution < 1.29 is 4.39 Å². The summed E-state index contributed by atoms with van der Waals surface area (Å²) in [5, 5.41) is 0. The summed E-state index contributed by atoms with van der Waals surface area (Å²) in [6.07, 6.45) is 3.70. The molecule has 0 aliphatic heterocycles. The first-order valence-electron chi connectivity index (χ1n) is 4.03. The highest BCUT2D eigenvalue weighted by atomic mass is 19.1. The molecule has 0 aromatic heterocycles. The van der Waals surface area contributed by atoms with E-state index in [4.69, 9.17) is 0 Å². The van der Waals surface area contributed by atoms with Crippen LogP contribution < -0.4 is 0 Å². The molecule has 0 nitrogen and oxygen atoms in total. The molecule has 11 heavy (non-hydrogen) atoms. The first kappa shape index (κ1) is 6.84. The Morgan fingerprint density at radius 2 is 2.27 bits per heavy atom. The molecule has 1 aromatic carbocycles. The van der Waals surface area contributed by atoms with Crippen LogP contribution in [0.25, 0.3) is 0 Å². The molecule has 0 bridgehead atoms. The summed E-state index contributed by atoms with van der Waals surface area (Å²) in [6.45, 7) is 0. The van der Waals surface area contributed by atoms with Crippen molar-refractivity contribution in [2.75, 3.05) is 0 Å². The lowest BCUT2D eigenvalue weighted by Gasteiger charge is -2.25. The Morgan fingerprint density at radius 3 is 2.82 bits per heavy atom. The van der Waals surface area contributed by atoms with Crippen LogP contribution >= 0.6 is 0 Å². The predicted molar refractivity (Wildman–Crippen MR) is 41.8 cm³/mol. The van der Waals surface area contributed by atoms with Gasteiger partial charge in [-0.2, -0.15) is 0 Å². The fourth-order valence-electron chi connectivity index (χ4n) is 1.41. The van der Waals surface area contributed by atoms with Crippen LogP contribution in [-0.4, -0.2) is 0 Å². The van der Waals surface area contributed by atoms with Gasteiger partial charge in [0.1, 0.15) is 5.82 Å². The molecule has 0 unspecified atom stereocenters. The van der Waals surface area contributed by atoms with E-state index in [0.29, 0.717) is 5.92 Å². The van der Waals surface area contributed by atoms with E-state index < -0.39 is 0 Å². The maximum absolute atomic E-state index is 12.7. The SMILES string of the molecule is Fc1cc[c]c(C2CCC2)c1. The Morgan fingerprint density at radius 1 is 1.45 bits per heavy atom. The van der Waals surface area contributed by atoms with Gasteiger partial charge in [0.15, 0.2) is 0 Å². The molecule has 1 aliphatic carbocycles. The molecular formula is C10H10F. The minimum Gasteiger partial charge on any atom is -0.207 e. The van der Waals surface area contributed by atoms with Crippen LogP contribution in [-0.2, 0) is 0 Å². The standard InChI is InChI=1S/C10H10F/c11-10-6-2-5-9(7-10)8-3-1-4-8/h2,6-8H,1,3-4H2. The molecule has 0 amide bonds. The van der Waals surface area contributed by atoms with Gasteiger partial charge in [0, 0.05) is 0 Å². The minimum atomic E-state index is -0.134. The maximum atomic E-state index is 12.7. The van der Waals surface area contributed by atoms with Gasteiger partial charge in [0.05, 0.1) is 0 Å². The Kier molecular flexibility index (Phi) is 1.65. The van der Waals surface area contributed by atoms with Crippen LogP contribution in [0.5, 0.6) is 0 Å². The van der Waals surface area contributed by atoms with Crippen molar-refractivity contribution in [3.05, 3.63) is 35.6 Å². The van der Waals surface area contributed by atoms with E-state index in [2.05, 4.69) is 6.07 Å². The van der Waals surface area contributed by atoms with Crippen molar-refractivity contribution in [1.29, 1.82) is 0 Å². The largest absolute Gasteiger partial charge is 0.207 e. The molecular weight excluding hydrogens is 139 g/mol. The average Bonchev–Trinajstić information content (AvgIpc) is 1.83. The maximum Gasteiger partial charge on any atom is 0.123 e. The van der Waals surface area contributed by atoms with Gasteiger partial charge in [0.25, 0.3) is 0 Å². The molecule has 1 aliphatic rings. The summed E-state index contributed by atoms with van der Waals surface area (Å²) in [6, 6.07) is 7.79. The normalized spacial score (nSPS) is 17.9.